The third-order valence-corrected chi connectivity index (χ3v) is 5.86. The normalized spacial score (nSPS) is 15.5. The number of phenols is 1. The Bertz CT molecular complexity index is 1000. The van der Waals surface area contributed by atoms with Gasteiger partial charge in [0.25, 0.3) is 0 Å². The summed E-state index contributed by atoms with van der Waals surface area (Å²) in [6, 6.07) is 24.7. The molecule has 2 N–H and O–H groups in total. The van der Waals surface area contributed by atoms with E-state index in [1.165, 1.54) is 0 Å². The van der Waals surface area contributed by atoms with Crippen LogP contribution in [0.2, 0.25) is 5.02 Å². The van der Waals surface area contributed by atoms with Crippen molar-refractivity contribution in [3.05, 3.63) is 95.0 Å². The topological polar surface area (TPSA) is 55.8 Å². The van der Waals surface area contributed by atoms with Gasteiger partial charge in [-0.05, 0) is 35.4 Å². The number of hydrogen-bond donors (Lipinski definition) is 2. The zero-order valence-corrected chi connectivity index (χ0v) is 18.0. The minimum atomic E-state index is -0.228. The van der Waals surface area contributed by atoms with Crippen molar-refractivity contribution in [2.45, 2.75) is 6.04 Å². The molecule has 0 aliphatic carbocycles. The van der Waals surface area contributed by atoms with E-state index in [2.05, 4.69) is 15.1 Å². The molecule has 1 heterocycles. The molecule has 6 heteroatoms. The van der Waals surface area contributed by atoms with E-state index in [0.717, 1.165) is 43.0 Å². The smallest absolute Gasteiger partial charge is 0.234 e. The molecule has 1 unspecified atom stereocenters. The maximum Gasteiger partial charge on any atom is 0.234 e. The van der Waals surface area contributed by atoms with Crippen LogP contribution < -0.4 is 10.2 Å². The van der Waals surface area contributed by atoms with Gasteiger partial charge in [0.1, 0.15) is 5.75 Å². The number of piperazine rings is 1. The van der Waals surface area contributed by atoms with Gasteiger partial charge < -0.3 is 15.3 Å². The lowest BCUT2D eigenvalue weighted by Crippen LogP contribution is -2.49. The van der Waals surface area contributed by atoms with E-state index in [4.69, 9.17) is 11.6 Å². The fourth-order valence-electron chi connectivity index (χ4n) is 3.95. The van der Waals surface area contributed by atoms with Crippen LogP contribution in [-0.2, 0) is 4.79 Å². The SMILES string of the molecule is O=C(CN1CCN(c2ccccc2O)CC1)NC(c1ccccc1)c1ccc(Cl)cc1. The van der Waals surface area contributed by atoms with Gasteiger partial charge in [0.15, 0.2) is 0 Å². The number of nitrogens with one attached hydrogen (secondary N) is 1. The highest BCUT2D eigenvalue weighted by Crippen LogP contribution is 2.27. The Kier molecular flexibility index (Phi) is 6.75. The fraction of sp³-hybridized carbons (Fsp3) is 0.240. The molecule has 1 amide bonds. The van der Waals surface area contributed by atoms with Crippen molar-refractivity contribution in [1.82, 2.24) is 10.2 Å². The zero-order valence-electron chi connectivity index (χ0n) is 17.2. The number of halogens is 1. The van der Waals surface area contributed by atoms with Crippen molar-refractivity contribution in [1.29, 1.82) is 0 Å². The summed E-state index contributed by atoms with van der Waals surface area (Å²) in [4.78, 5) is 17.2. The summed E-state index contributed by atoms with van der Waals surface area (Å²) in [7, 11) is 0. The Morgan fingerprint density at radius 2 is 1.48 bits per heavy atom. The number of aromatic hydroxyl groups is 1. The van der Waals surface area contributed by atoms with E-state index in [1.807, 2.05) is 72.8 Å². The molecule has 0 aromatic heterocycles. The van der Waals surface area contributed by atoms with Crippen LogP contribution >= 0.6 is 11.6 Å². The lowest BCUT2D eigenvalue weighted by Gasteiger charge is -2.36. The van der Waals surface area contributed by atoms with Gasteiger partial charge in [-0.15, -0.1) is 0 Å². The molecular formula is C25H26ClN3O2. The van der Waals surface area contributed by atoms with Crippen molar-refractivity contribution >= 4 is 23.2 Å². The van der Waals surface area contributed by atoms with Crippen molar-refractivity contribution in [3.63, 3.8) is 0 Å². The van der Waals surface area contributed by atoms with Crippen LogP contribution in [0.1, 0.15) is 17.2 Å². The minimum Gasteiger partial charge on any atom is -0.506 e. The second-order valence-corrected chi connectivity index (χ2v) is 8.15. The number of para-hydroxylation sites is 2. The number of benzene rings is 3. The Labute approximate surface area is 187 Å². The van der Waals surface area contributed by atoms with E-state index in [1.54, 1.807) is 6.07 Å². The van der Waals surface area contributed by atoms with E-state index in [0.29, 0.717) is 17.3 Å². The molecule has 31 heavy (non-hydrogen) atoms. The Morgan fingerprint density at radius 1 is 0.871 bits per heavy atom. The van der Waals surface area contributed by atoms with Crippen LogP contribution in [0.3, 0.4) is 0 Å². The molecule has 3 aromatic rings. The van der Waals surface area contributed by atoms with Gasteiger partial charge >= 0.3 is 0 Å². The highest BCUT2D eigenvalue weighted by atomic mass is 35.5. The molecule has 0 saturated carbocycles. The van der Waals surface area contributed by atoms with Gasteiger partial charge in [-0.25, -0.2) is 0 Å². The van der Waals surface area contributed by atoms with Crippen LogP contribution in [0.5, 0.6) is 5.75 Å². The summed E-state index contributed by atoms with van der Waals surface area (Å²) >= 11 is 6.05. The fourth-order valence-corrected chi connectivity index (χ4v) is 4.07. The van der Waals surface area contributed by atoms with Gasteiger partial charge in [-0.2, -0.15) is 0 Å². The average molecular weight is 436 g/mol. The first-order valence-corrected chi connectivity index (χ1v) is 10.8. The molecule has 0 spiro atoms. The number of carbonyl (C=O) groups is 1. The van der Waals surface area contributed by atoms with Crippen molar-refractivity contribution < 1.29 is 9.90 Å². The maximum absolute atomic E-state index is 12.9. The van der Waals surface area contributed by atoms with Crippen LogP contribution in [0, 0.1) is 0 Å². The monoisotopic (exact) mass is 435 g/mol. The predicted molar refractivity (Wildman–Crippen MR) is 125 cm³/mol. The van der Waals surface area contributed by atoms with Crippen LogP contribution in [-0.4, -0.2) is 48.6 Å². The minimum absolute atomic E-state index is 0.0141. The average Bonchev–Trinajstić information content (AvgIpc) is 2.80. The summed E-state index contributed by atoms with van der Waals surface area (Å²) in [5.74, 6) is 0.280. The highest BCUT2D eigenvalue weighted by Gasteiger charge is 2.23. The quantitative estimate of drug-likeness (QED) is 0.612. The van der Waals surface area contributed by atoms with Crippen molar-refractivity contribution in [2.75, 3.05) is 37.6 Å². The number of rotatable bonds is 6. The van der Waals surface area contributed by atoms with E-state index < -0.39 is 0 Å². The lowest BCUT2D eigenvalue weighted by atomic mass is 9.98. The first-order chi connectivity index (χ1) is 15.1. The van der Waals surface area contributed by atoms with Gasteiger partial charge in [0.2, 0.25) is 5.91 Å². The van der Waals surface area contributed by atoms with Gasteiger partial charge in [-0.1, -0.05) is 66.2 Å². The van der Waals surface area contributed by atoms with E-state index >= 15 is 0 Å². The molecule has 5 nitrogen and oxygen atoms in total. The first-order valence-electron chi connectivity index (χ1n) is 10.5. The summed E-state index contributed by atoms with van der Waals surface area (Å²) in [6.07, 6.45) is 0. The number of phenolic OH excluding ortho intramolecular Hbond substituents is 1. The number of anilines is 1. The number of hydrogen-bond acceptors (Lipinski definition) is 4. The predicted octanol–water partition coefficient (Wildman–Crippen LogP) is 4.07. The molecule has 0 bridgehead atoms. The number of carbonyl (C=O) groups excluding carboxylic acids is 1. The molecular weight excluding hydrogens is 410 g/mol. The number of amides is 1. The Morgan fingerprint density at radius 3 is 2.16 bits per heavy atom. The molecule has 1 atom stereocenters. The third kappa shape index (κ3) is 5.37. The standard InChI is InChI=1S/C25H26ClN3O2/c26-21-12-10-20(11-13-21)25(19-6-2-1-3-7-19)27-24(31)18-28-14-16-29(17-15-28)22-8-4-5-9-23(22)30/h1-13,25,30H,14-18H2,(H,27,31). The third-order valence-electron chi connectivity index (χ3n) is 5.60. The van der Waals surface area contributed by atoms with Crippen LogP contribution in [0.25, 0.3) is 0 Å². The largest absolute Gasteiger partial charge is 0.506 e. The van der Waals surface area contributed by atoms with Gasteiger partial charge in [-0.3, -0.25) is 9.69 Å². The zero-order chi connectivity index (χ0) is 21.6. The van der Waals surface area contributed by atoms with Gasteiger partial charge in [0.05, 0.1) is 18.3 Å². The molecule has 4 rings (SSSR count). The maximum atomic E-state index is 12.9. The Balaban J connectivity index is 1.38. The molecule has 3 aromatic carbocycles. The summed E-state index contributed by atoms with van der Waals surface area (Å²) in [5.41, 5.74) is 2.87. The highest BCUT2D eigenvalue weighted by molar-refractivity contribution is 6.30. The summed E-state index contributed by atoms with van der Waals surface area (Å²) in [5, 5.41) is 13.9. The van der Waals surface area contributed by atoms with E-state index in [-0.39, 0.29) is 11.9 Å². The van der Waals surface area contributed by atoms with E-state index in [9.17, 15) is 9.90 Å². The lowest BCUT2D eigenvalue weighted by molar-refractivity contribution is -0.122. The molecule has 0 radical (unpaired) electrons. The molecule has 1 fully saturated rings. The van der Waals surface area contributed by atoms with Crippen LogP contribution in [0.4, 0.5) is 5.69 Å². The van der Waals surface area contributed by atoms with Gasteiger partial charge in [0, 0.05) is 31.2 Å². The molecule has 1 aliphatic heterocycles. The molecule has 1 saturated heterocycles. The molecule has 160 valence electrons. The van der Waals surface area contributed by atoms with Crippen LogP contribution in [0.15, 0.2) is 78.9 Å². The Hall–Kier alpha value is -3.02. The van der Waals surface area contributed by atoms with Crippen molar-refractivity contribution in [3.8, 4) is 5.75 Å². The summed E-state index contributed by atoms with van der Waals surface area (Å²) < 4.78 is 0. The first kappa shape index (κ1) is 21.2. The molecule has 1 aliphatic rings. The van der Waals surface area contributed by atoms with Crippen molar-refractivity contribution in [2.24, 2.45) is 0 Å². The summed E-state index contributed by atoms with van der Waals surface area (Å²) in [6.45, 7) is 3.40. The second kappa shape index (κ2) is 9.86. The number of nitrogens with zero attached hydrogens (tertiary/aromatic N) is 2. The second-order valence-electron chi connectivity index (χ2n) is 7.71.